The molecule has 1 heterocycles. The molecule has 0 saturated heterocycles. The first kappa shape index (κ1) is 21.7. The van der Waals surface area contributed by atoms with Crippen LogP contribution in [0.15, 0.2) is 30.3 Å². The normalized spacial score (nSPS) is 12.1. The van der Waals surface area contributed by atoms with E-state index in [4.69, 9.17) is 25.5 Å². The average molecular weight is 412 g/mol. The minimum Gasteiger partial charge on any atom is -0.490 e. The number of nitrogens with zero attached hydrogens (tertiary/aromatic N) is 1. The summed E-state index contributed by atoms with van der Waals surface area (Å²) in [6.07, 6.45) is 0. The highest BCUT2D eigenvalue weighted by Gasteiger charge is 2.36. The molecule has 2 aromatic rings. The Labute approximate surface area is 166 Å². The Kier molecular flexibility index (Phi) is 6.89. The van der Waals surface area contributed by atoms with E-state index in [0.29, 0.717) is 41.1 Å². The lowest BCUT2D eigenvalue weighted by Gasteiger charge is -2.36. The Bertz CT molecular complexity index is 793. The van der Waals surface area contributed by atoms with Crippen molar-refractivity contribution in [2.75, 3.05) is 20.3 Å². The van der Waals surface area contributed by atoms with Crippen molar-refractivity contribution in [3.05, 3.63) is 41.3 Å². The van der Waals surface area contributed by atoms with Gasteiger partial charge in [-0.2, -0.15) is 0 Å². The first-order chi connectivity index (χ1) is 12.5. The van der Waals surface area contributed by atoms with Crippen LogP contribution < -0.4 is 9.47 Å². The Morgan fingerprint density at radius 3 is 2.37 bits per heavy atom. The standard InChI is InChI=1S/C20H27ClFNO3Si/c1-20(2,3)27(5,6)26-12-11-25-17-13-14(22)7-8-15(17)16-9-10-18(21)23-19(16)24-4/h7-10,13H,11-12H2,1-6H3. The van der Waals surface area contributed by atoms with Crippen molar-refractivity contribution in [3.8, 4) is 22.8 Å². The van der Waals surface area contributed by atoms with Crippen LogP contribution in [-0.2, 0) is 4.43 Å². The van der Waals surface area contributed by atoms with Crippen molar-refractivity contribution in [3.63, 3.8) is 0 Å². The van der Waals surface area contributed by atoms with Gasteiger partial charge in [0.25, 0.3) is 0 Å². The molecule has 0 aliphatic carbocycles. The summed E-state index contributed by atoms with van der Waals surface area (Å²) in [4.78, 5) is 4.16. The minimum atomic E-state index is -1.85. The van der Waals surface area contributed by atoms with Crippen molar-refractivity contribution in [2.24, 2.45) is 0 Å². The van der Waals surface area contributed by atoms with Gasteiger partial charge < -0.3 is 13.9 Å². The highest BCUT2D eigenvalue weighted by Crippen LogP contribution is 2.38. The summed E-state index contributed by atoms with van der Waals surface area (Å²) in [5.74, 6) is 0.396. The molecule has 148 valence electrons. The van der Waals surface area contributed by atoms with Crippen molar-refractivity contribution >= 4 is 19.9 Å². The van der Waals surface area contributed by atoms with E-state index >= 15 is 0 Å². The highest BCUT2D eigenvalue weighted by molar-refractivity contribution is 6.74. The van der Waals surface area contributed by atoms with Crippen LogP contribution in [0.2, 0.25) is 23.3 Å². The van der Waals surface area contributed by atoms with Crippen LogP contribution in [0.1, 0.15) is 20.8 Å². The molecular formula is C20H27ClFNO3Si. The zero-order valence-corrected chi connectivity index (χ0v) is 18.5. The molecule has 0 saturated carbocycles. The van der Waals surface area contributed by atoms with Crippen LogP contribution in [0.3, 0.4) is 0 Å². The second-order valence-corrected chi connectivity index (χ2v) is 13.0. The van der Waals surface area contributed by atoms with Crippen LogP contribution in [-0.4, -0.2) is 33.6 Å². The summed E-state index contributed by atoms with van der Waals surface area (Å²) in [7, 11) is -0.338. The molecule has 0 aliphatic rings. The molecule has 27 heavy (non-hydrogen) atoms. The van der Waals surface area contributed by atoms with Crippen molar-refractivity contribution in [1.29, 1.82) is 0 Å². The molecule has 0 N–H and O–H groups in total. The van der Waals surface area contributed by atoms with E-state index in [0.717, 1.165) is 0 Å². The number of pyridine rings is 1. The molecule has 0 unspecified atom stereocenters. The number of halogens is 2. The SMILES string of the molecule is COc1nc(Cl)ccc1-c1ccc(F)cc1OCCO[Si](C)(C)C(C)(C)C. The van der Waals surface area contributed by atoms with E-state index in [9.17, 15) is 4.39 Å². The molecule has 1 aromatic carbocycles. The lowest BCUT2D eigenvalue weighted by molar-refractivity contribution is 0.203. The van der Waals surface area contributed by atoms with E-state index in [1.165, 1.54) is 19.2 Å². The second-order valence-electron chi connectivity index (χ2n) is 7.79. The number of hydrogen-bond acceptors (Lipinski definition) is 4. The van der Waals surface area contributed by atoms with Gasteiger partial charge in [-0.05, 0) is 42.4 Å². The fraction of sp³-hybridized carbons (Fsp3) is 0.450. The van der Waals surface area contributed by atoms with Crippen molar-refractivity contribution < 1.29 is 18.3 Å². The summed E-state index contributed by atoms with van der Waals surface area (Å²) >= 11 is 5.93. The van der Waals surface area contributed by atoms with Gasteiger partial charge in [0, 0.05) is 17.2 Å². The lowest BCUT2D eigenvalue weighted by atomic mass is 10.1. The van der Waals surface area contributed by atoms with Gasteiger partial charge in [0.05, 0.1) is 13.7 Å². The molecule has 0 atom stereocenters. The third-order valence-electron chi connectivity index (χ3n) is 4.86. The first-order valence-electron chi connectivity index (χ1n) is 8.82. The van der Waals surface area contributed by atoms with E-state index in [1.807, 2.05) is 0 Å². The van der Waals surface area contributed by atoms with E-state index in [-0.39, 0.29) is 10.9 Å². The quantitative estimate of drug-likeness (QED) is 0.320. The molecule has 0 fully saturated rings. The molecule has 0 aliphatic heterocycles. The molecule has 0 amide bonds. The topological polar surface area (TPSA) is 40.6 Å². The van der Waals surface area contributed by atoms with Gasteiger partial charge in [-0.1, -0.05) is 32.4 Å². The van der Waals surface area contributed by atoms with E-state index in [1.54, 1.807) is 18.2 Å². The van der Waals surface area contributed by atoms with Gasteiger partial charge in [0.2, 0.25) is 5.88 Å². The van der Waals surface area contributed by atoms with Crippen LogP contribution >= 0.6 is 11.6 Å². The third kappa shape index (κ3) is 5.43. The second kappa shape index (κ2) is 8.58. The number of ether oxygens (including phenoxy) is 2. The molecule has 0 spiro atoms. The van der Waals surface area contributed by atoms with Gasteiger partial charge in [-0.25, -0.2) is 9.37 Å². The van der Waals surface area contributed by atoms with Crippen LogP contribution in [0.25, 0.3) is 11.1 Å². The largest absolute Gasteiger partial charge is 0.490 e. The van der Waals surface area contributed by atoms with Gasteiger partial charge in [0.15, 0.2) is 8.32 Å². The summed E-state index contributed by atoms with van der Waals surface area (Å²) in [6, 6.07) is 7.82. The smallest absolute Gasteiger partial charge is 0.222 e. The molecule has 0 radical (unpaired) electrons. The van der Waals surface area contributed by atoms with Gasteiger partial charge in [-0.15, -0.1) is 0 Å². The average Bonchev–Trinajstić information content (AvgIpc) is 2.58. The summed E-state index contributed by atoms with van der Waals surface area (Å²) < 4.78 is 31.1. The van der Waals surface area contributed by atoms with E-state index < -0.39 is 8.32 Å². The zero-order chi connectivity index (χ0) is 20.2. The molecule has 4 nitrogen and oxygen atoms in total. The van der Waals surface area contributed by atoms with Crippen molar-refractivity contribution in [2.45, 2.75) is 38.9 Å². The Morgan fingerprint density at radius 2 is 1.74 bits per heavy atom. The Morgan fingerprint density at radius 1 is 1.07 bits per heavy atom. The van der Waals surface area contributed by atoms with Crippen molar-refractivity contribution in [1.82, 2.24) is 4.98 Å². The molecule has 0 bridgehead atoms. The molecular weight excluding hydrogens is 385 g/mol. The van der Waals surface area contributed by atoms with Gasteiger partial charge in [0.1, 0.15) is 23.3 Å². The Balaban J connectivity index is 2.18. The molecule has 7 heteroatoms. The fourth-order valence-electron chi connectivity index (χ4n) is 2.28. The van der Waals surface area contributed by atoms with Gasteiger partial charge >= 0.3 is 0 Å². The first-order valence-corrected chi connectivity index (χ1v) is 12.1. The maximum absolute atomic E-state index is 13.8. The van der Waals surface area contributed by atoms with Crippen LogP contribution in [0.5, 0.6) is 11.6 Å². The lowest BCUT2D eigenvalue weighted by Crippen LogP contribution is -2.41. The fourth-order valence-corrected chi connectivity index (χ4v) is 3.45. The predicted octanol–water partition coefficient (Wildman–Crippen LogP) is 5.95. The predicted molar refractivity (Wildman–Crippen MR) is 110 cm³/mol. The Hall–Kier alpha value is -1.63. The van der Waals surface area contributed by atoms with E-state index in [2.05, 4.69) is 38.8 Å². The van der Waals surface area contributed by atoms with Crippen LogP contribution in [0, 0.1) is 5.82 Å². The highest BCUT2D eigenvalue weighted by atomic mass is 35.5. The molecule has 2 rings (SSSR count). The van der Waals surface area contributed by atoms with Gasteiger partial charge in [-0.3, -0.25) is 0 Å². The zero-order valence-electron chi connectivity index (χ0n) is 16.7. The summed E-state index contributed by atoms with van der Waals surface area (Å²) in [5.41, 5.74) is 1.37. The third-order valence-corrected chi connectivity index (χ3v) is 9.61. The summed E-state index contributed by atoms with van der Waals surface area (Å²) in [5, 5.41) is 0.447. The number of methoxy groups -OCH3 is 1. The summed E-state index contributed by atoms with van der Waals surface area (Å²) in [6.45, 7) is 11.7. The number of rotatable bonds is 7. The van der Waals surface area contributed by atoms with Crippen LogP contribution in [0.4, 0.5) is 4.39 Å². The molecule has 1 aromatic heterocycles. The number of aromatic nitrogens is 1. The maximum Gasteiger partial charge on any atom is 0.222 e. The number of benzene rings is 1. The number of hydrogen-bond donors (Lipinski definition) is 0. The maximum atomic E-state index is 13.8. The minimum absolute atomic E-state index is 0.124. The monoisotopic (exact) mass is 411 g/mol.